The van der Waals surface area contributed by atoms with Crippen LogP contribution in [-0.2, 0) is 6.61 Å². The fraction of sp³-hybridized carbons (Fsp3) is 0.125. The van der Waals surface area contributed by atoms with E-state index in [0.29, 0.717) is 17.2 Å². The molecule has 0 saturated carbocycles. The van der Waals surface area contributed by atoms with Gasteiger partial charge in [0.05, 0.1) is 14.2 Å². The van der Waals surface area contributed by atoms with Crippen molar-refractivity contribution in [3.05, 3.63) is 94.5 Å². The molecule has 0 aliphatic heterocycles. The molecule has 0 saturated heterocycles. The molecule has 0 aromatic heterocycles. The molecular weight excluding hydrogens is 388 g/mol. The van der Waals surface area contributed by atoms with Gasteiger partial charge in [0.15, 0.2) is 5.78 Å². The van der Waals surface area contributed by atoms with E-state index in [9.17, 15) is 4.79 Å². The minimum Gasteiger partial charge on any atom is -0.497 e. The number of ketones is 1. The molecule has 3 aromatic rings. The molecule has 3 aromatic carbocycles. The minimum atomic E-state index is -0.0893. The number of hydrogen-bond donors (Lipinski definition) is 0. The molecule has 3 rings (SSSR count). The van der Waals surface area contributed by atoms with E-state index in [1.807, 2.05) is 42.5 Å². The number of rotatable bonds is 8. The molecule has 4 nitrogen and oxygen atoms in total. The Bertz CT molecular complexity index is 992. The maximum Gasteiger partial charge on any atom is 0.185 e. The lowest BCUT2D eigenvalue weighted by Crippen LogP contribution is -1.99. The average Bonchev–Trinajstić information content (AvgIpc) is 2.77. The number of halogens is 1. The SMILES string of the molecule is COc1ccc(OCc2cc(/C=C/C(=O)c3ccc(Cl)cc3)ccc2OC)cc1. The molecule has 0 aliphatic carbocycles. The van der Waals surface area contributed by atoms with E-state index >= 15 is 0 Å². The van der Waals surface area contributed by atoms with Crippen LogP contribution < -0.4 is 14.2 Å². The second kappa shape index (κ2) is 9.80. The highest BCUT2D eigenvalue weighted by Gasteiger charge is 2.06. The van der Waals surface area contributed by atoms with Gasteiger partial charge in [0, 0.05) is 16.1 Å². The molecule has 0 fully saturated rings. The van der Waals surface area contributed by atoms with Crippen LogP contribution in [0.5, 0.6) is 17.2 Å². The van der Waals surface area contributed by atoms with Crippen molar-refractivity contribution in [3.63, 3.8) is 0 Å². The summed E-state index contributed by atoms with van der Waals surface area (Å²) in [6.45, 7) is 0.336. The van der Waals surface area contributed by atoms with Crippen LogP contribution in [0.2, 0.25) is 5.02 Å². The van der Waals surface area contributed by atoms with Gasteiger partial charge in [-0.25, -0.2) is 0 Å². The van der Waals surface area contributed by atoms with Crippen molar-refractivity contribution in [2.45, 2.75) is 6.61 Å². The van der Waals surface area contributed by atoms with E-state index in [1.165, 1.54) is 0 Å². The largest absolute Gasteiger partial charge is 0.497 e. The maximum absolute atomic E-state index is 12.3. The maximum atomic E-state index is 12.3. The van der Waals surface area contributed by atoms with Gasteiger partial charge in [0.25, 0.3) is 0 Å². The van der Waals surface area contributed by atoms with Gasteiger partial charge in [0.2, 0.25) is 0 Å². The zero-order chi connectivity index (χ0) is 20.6. The first-order valence-electron chi connectivity index (χ1n) is 9.01. The summed E-state index contributed by atoms with van der Waals surface area (Å²) in [4.78, 5) is 12.3. The molecule has 0 amide bonds. The third-order valence-corrected chi connectivity index (χ3v) is 4.57. The van der Waals surface area contributed by atoms with E-state index in [-0.39, 0.29) is 5.78 Å². The van der Waals surface area contributed by atoms with E-state index < -0.39 is 0 Å². The summed E-state index contributed by atoms with van der Waals surface area (Å²) in [5.74, 6) is 2.13. The predicted octanol–water partition coefficient (Wildman–Crippen LogP) is 5.83. The van der Waals surface area contributed by atoms with Crippen LogP contribution in [0.4, 0.5) is 0 Å². The summed E-state index contributed by atoms with van der Waals surface area (Å²) >= 11 is 5.87. The first-order valence-corrected chi connectivity index (χ1v) is 9.38. The topological polar surface area (TPSA) is 44.8 Å². The van der Waals surface area contributed by atoms with Crippen LogP contribution in [0.25, 0.3) is 6.08 Å². The van der Waals surface area contributed by atoms with Gasteiger partial charge in [-0.1, -0.05) is 23.7 Å². The Labute approximate surface area is 175 Å². The van der Waals surface area contributed by atoms with Crippen LogP contribution in [-0.4, -0.2) is 20.0 Å². The van der Waals surface area contributed by atoms with E-state index in [4.69, 9.17) is 25.8 Å². The van der Waals surface area contributed by atoms with Gasteiger partial charge in [-0.05, 0) is 72.3 Å². The lowest BCUT2D eigenvalue weighted by Gasteiger charge is -2.11. The van der Waals surface area contributed by atoms with Crippen molar-refractivity contribution in [3.8, 4) is 17.2 Å². The van der Waals surface area contributed by atoms with Crippen LogP contribution >= 0.6 is 11.6 Å². The van der Waals surface area contributed by atoms with Gasteiger partial charge in [0.1, 0.15) is 23.9 Å². The number of carbonyl (C=O) groups excluding carboxylic acids is 1. The Morgan fingerprint density at radius 2 is 1.59 bits per heavy atom. The highest BCUT2D eigenvalue weighted by atomic mass is 35.5. The number of hydrogen-bond acceptors (Lipinski definition) is 4. The minimum absolute atomic E-state index is 0.0893. The van der Waals surface area contributed by atoms with Gasteiger partial charge in [-0.15, -0.1) is 0 Å². The summed E-state index contributed by atoms with van der Waals surface area (Å²) in [6, 6.07) is 19.9. The monoisotopic (exact) mass is 408 g/mol. The van der Waals surface area contributed by atoms with Crippen molar-refractivity contribution in [2.75, 3.05) is 14.2 Å². The summed E-state index contributed by atoms with van der Waals surface area (Å²) in [6.07, 6.45) is 3.31. The number of ether oxygens (including phenoxy) is 3. The first kappa shape index (κ1) is 20.5. The molecule has 0 atom stereocenters. The predicted molar refractivity (Wildman–Crippen MR) is 115 cm³/mol. The molecule has 148 valence electrons. The lowest BCUT2D eigenvalue weighted by molar-refractivity contribution is 0.104. The van der Waals surface area contributed by atoms with Crippen LogP contribution in [0, 0.1) is 0 Å². The van der Waals surface area contributed by atoms with E-state index in [0.717, 1.165) is 28.4 Å². The Morgan fingerprint density at radius 3 is 2.24 bits per heavy atom. The second-order valence-corrected chi connectivity index (χ2v) is 6.68. The second-order valence-electron chi connectivity index (χ2n) is 6.24. The highest BCUT2D eigenvalue weighted by Crippen LogP contribution is 2.24. The van der Waals surface area contributed by atoms with Crippen molar-refractivity contribution >= 4 is 23.5 Å². The molecule has 0 heterocycles. The summed E-state index contributed by atoms with van der Waals surface area (Å²) < 4.78 is 16.4. The third-order valence-electron chi connectivity index (χ3n) is 4.31. The lowest BCUT2D eigenvalue weighted by atomic mass is 10.1. The number of methoxy groups -OCH3 is 2. The first-order chi connectivity index (χ1) is 14.1. The molecule has 0 unspecified atom stereocenters. The zero-order valence-electron chi connectivity index (χ0n) is 16.2. The van der Waals surface area contributed by atoms with Gasteiger partial charge in [-0.3, -0.25) is 4.79 Å². The van der Waals surface area contributed by atoms with Gasteiger partial charge >= 0.3 is 0 Å². The molecule has 0 aliphatic rings. The molecule has 0 spiro atoms. The van der Waals surface area contributed by atoms with E-state index in [2.05, 4.69) is 0 Å². The Kier molecular flexibility index (Phi) is 6.93. The molecule has 0 radical (unpaired) electrons. The van der Waals surface area contributed by atoms with Gasteiger partial charge < -0.3 is 14.2 Å². The average molecular weight is 409 g/mol. The third kappa shape index (κ3) is 5.62. The van der Waals surface area contributed by atoms with Crippen LogP contribution in [0.3, 0.4) is 0 Å². The van der Waals surface area contributed by atoms with Crippen LogP contribution in [0.15, 0.2) is 72.8 Å². The number of benzene rings is 3. The quantitative estimate of drug-likeness (QED) is 0.347. The van der Waals surface area contributed by atoms with Crippen LogP contribution in [0.1, 0.15) is 21.5 Å². The standard InChI is InChI=1S/C24H21ClO4/c1-27-21-9-11-22(12-10-21)29-16-19-15-17(4-14-24(19)28-2)3-13-23(26)18-5-7-20(25)8-6-18/h3-15H,16H2,1-2H3/b13-3+. The fourth-order valence-corrected chi connectivity index (χ4v) is 2.86. The van der Waals surface area contributed by atoms with Gasteiger partial charge in [-0.2, -0.15) is 0 Å². The van der Waals surface area contributed by atoms with Crippen molar-refractivity contribution in [1.82, 2.24) is 0 Å². The Morgan fingerprint density at radius 1 is 0.897 bits per heavy atom. The molecule has 5 heteroatoms. The van der Waals surface area contributed by atoms with Crippen molar-refractivity contribution in [2.24, 2.45) is 0 Å². The number of allylic oxidation sites excluding steroid dienone is 1. The van der Waals surface area contributed by atoms with E-state index in [1.54, 1.807) is 50.6 Å². The summed E-state index contributed by atoms with van der Waals surface area (Å²) in [5.41, 5.74) is 2.34. The molecule has 0 bridgehead atoms. The normalized spacial score (nSPS) is 10.7. The Balaban J connectivity index is 1.71. The zero-order valence-corrected chi connectivity index (χ0v) is 17.0. The molecule has 0 N–H and O–H groups in total. The molecule has 29 heavy (non-hydrogen) atoms. The molecular formula is C24H21ClO4. The highest BCUT2D eigenvalue weighted by molar-refractivity contribution is 6.30. The van der Waals surface area contributed by atoms with Crippen molar-refractivity contribution in [1.29, 1.82) is 0 Å². The van der Waals surface area contributed by atoms with Crippen molar-refractivity contribution < 1.29 is 19.0 Å². The Hall–Kier alpha value is -3.24. The number of carbonyl (C=O) groups is 1. The smallest absolute Gasteiger partial charge is 0.185 e. The summed E-state index contributed by atoms with van der Waals surface area (Å²) in [5, 5.41) is 0.599. The summed E-state index contributed by atoms with van der Waals surface area (Å²) in [7, 11) is 3.24. The fourth-order valence-electron chi connectivity index (χ4n) is 2.73.